The van der Waals surface area contributed by atoms with Crippen molar-refractivity contribution in [1.82, 2.24) is 0 Å². The number of hydrogen-bond donors (Lipinski definition) is 1. The first kappa shape index (κ1) is 13.4. The Hall–Kier alpha value is -0.680. The molecule has 0 aliphatic carbocycles. The Morgan fingerprint density at radius 1 is 1.31 bits per heavy atom. The molecule has 0 bridgehead atoms. The Bertz CT molecular complexity index is 404. The van der Waals surface area contributed by atoms with Gasteiger partial charge in [0.15, 0.2) is 0 Å². The Balaban J connectivity index is 2.65. The fraction of sp³-hybridized carbons (Fsp3) is 0.385. The number of aliphatic hydroxyl groups excluding tert-OH is 1. The quantitative estimate of drug-likeness (QED) is 0.814. The first-order valence-corrected chi connectivity index (χ1v) is 6.03. The third kappa shape index (κ3) is 4.45. The van der Waals surface area contributed by atoms with Crippen LogP contribution in [0.3, 0.4) is 0 Å². The van der Waals surface area contributed by atoms with Crippen LogP contribution in [0.1, 0.15) is 31.7 Å². The second kappa shape index (κ2) is 6.81. The van der Waals surface area contributed by atoms with Crippen molar-refractivity contribution in [3.63, 3.8) is 0 Å². The number of unbranched alkanes of at least 4 members (excludes halogenated alkanes) is 1. The SMILES string of the molecule is CCCCC(O)C#Cc1ccc(Cl)c(Cl)c1. The van der Waals surface area contributed by atoms with Gasteiger partial charge in [0.2, 0.25) is 0 Å². The summed E-state index contributed by atoms with van der Waals surface area (Å²) in [5.74, 6) is 5.66. The molecular weight excluding hydrogens is 243 g/mol. The molecule has 0 heterocycles. The molecule has 1 atom stereocenters. The van der Waals surface area contributed by atoms with Crippen molar-refractivity contribution in [3.05, 3.63) is 33.8 Å². The first-order chi connectivity index (χ1) is 7.63. The maximum Gasteiger partial charge on any atom is 0.115 e. The summed E-state index contributed by atoms with van der Waals surface area (Å²) >= 11 is 11.6. The number of hydrogen-bond acceptors (Lipinski definition) is 1. The van der Waals surface area contributed by atoms with Gasteiger partial charge in [-0.25, -0.2) is 0 Å². The van der Waals surface area contributed by atoms with E-state index in [2.05, 4.69) is 18.8 Å². The fourth-order valence-electron chi connectivity index (χ4n) is 1.21. The van der Waals surface area contributed by atoms with E-state index in [1.54, 1.807) is 18.2 Å². The van der Waals surface area contributed by atoms with Crippen LogP contribution >= 0.6 is 23.2 Å². The Morgan fingerprint density at radius 2 is 2.06 bits per heavy atom. The zero-order valence-electron chi connectivity index (χ0n) is 9.13. The molecule has 0 aromatic heterocycles. The molecule has 0 amide bonds. The number of aliphatic hydroxyl groups is 1. The smallest absolute Gasteiger partial charge is 0.115 e. The molecule has 1 N–H and O–H groups in total. The summed E-state index contributed by atoms with van der Waals surface area (Å²) in [6, 6.07) is 5.18. The molecule has 1 aromatic carbocycles. The summed E-state index contributed by atoms with van der Waals surface area (Å²) in [4.78, 5) is 0. The summed E-state index contributed by atoms with van der Waals surface area (Å²) in [6.07, 6.45) is 2.20. The van der Waals surface area contributed by atoms with Crippen LogP contribution in [-0.2, 0) is 0 Å². The summed E-state index contributed by atoms with van der Waals surface area (Å²) in [5.41, 5.74) is 0.768. The van der Waals surface area contributed by atoms with Gasteiger partial charge in [-0.3, -0.25) is 0 Å². The number of benzene rings is 1. The van der Waals surface area contributed by atoms with Gasteiger partial charge in [0.25, 0.3) is 0 Å². The van der Waals surface area contributed by atoms with Crippen LogP contribution in [0, 0.1) is 11.8 Å². The van der Waals surface area contributed by atoms with E-state index in [9.17, 15) is 5.11 Å². The molecule has 0 saturated carbocycles. The van der Waals surface area contributed by atoms with E-state index in [1.807, 2.05) is 0 Å². The molecule has 0 fully saturated rings. The minimum atomic E-state index is -0.561. The molecule has 0 aliphatic rings. The average Bonchev–Trinajstić information content (AvgIpc) is 2.28. The maximum atomic E-state index is 9.53. The number of rotatable bonds is 3. The van der Waals surface area contributed by atoms with Gasteiger partial charge in [0, 0.05) is 5.56 Å². The molecule has 16 heavy (non-hydrogen) atoms. The highest BCUT2D eigenvalue weighted by atomic mass is 35.5. The molecule has 0 aliphatic heterocycles. The topological polar surface area (TPSA) is 20.2 Å². The molecule has 1 nitrogen and oxygen atoms in total. The lowest BCUT2D eigenvalue weighted by Gasteiger charge is -2.00. The van der Waals surface area contributed by atoms with Gasteiger partial charge in [-0.15, -0.1) is 0 Å². The molecule has 3 heteroatoms. The highest BCUT2D eigenvalue weighted by Crippen LogP contribution is 2.22. The monoisotopic (exact) mass is 256 g/mol. The summed E-state index contributed by atoms with van der Waals surface area (Å²) in [5, 5.41) is 10.5. The van der Waals surface area contributed by atoms with Crippen molar-refractivity contribution < 1.29 is 5.11 Å². The van der Waals surface area contributed by atoms with E-state index in [0.717, 1.165) is 18.4 Å². The molecule has 0 saturated heterocycles. The van der Waals surface area contributed by atoms with Gasteiger partial charge in [-0.1, -0.05) is 54.8 Å². The second-order valence-corrected chi connectivity index (χ2v) is 4.37. The molecule has 0 radical (unpaired) electrons. The zero-order chi connectivity index (χ0) is 12.0. The van der Waals surface area contributed by atoms with Gasteiger partial charge in [0.05, 0.1) is 10.0 Å². The fourth-order valence-corrected chi connectivity index (χ4v) is 1.51. The lowest BCUT2D eigenvalue weighted by Crippen LogP contribution is -2.01. The number of halogens is 2. The van der Waals surface area contributed by atoms with E-state index in [-0.39, 0.29) is 0 Å². The van der Waals surface area contributed by atoms with Crippen LogP contribution in [0.4, 0.5) is 0 Å². The molecular formula is C13H14Cl2O. The van der Waals surface area contributed by atoms with Crippen molar-refractivity contribution in [1.29, 1.82) is 0 Å². The van der Waals surface area contributed by atoms with Crippen LogP contribution in [0.25, 0.3) is 0 Å². The van der Waals surface area contributed by atoms with Crippen molar-refractivity contribution >= 4 is 23.2 Å². The minimum Gasteiger partial charge on any atom is -0.380 e. The molecule has 0 spiro atoms. The Kier molecular flexibility index (Phi) is 5.69. The zero-order valence-corrected chi connectivity index (χ0v) is 10.6. The van der Waals surface area contributed by atoms with Crippen LogP contribution in [0.15, 0.2) is 18.2 Å². The van der Waals surface area contributed by atoms with E-state index < -0.39 is 6.10 Å². The van der Waals surface area contributed by atoms with E-state index >= 15 is 0 Å². The lowest BCUT2D eigenvalue weighted by atomic mass is 10.1. The molecule has 1 aromatic rings. The third-order valence-electron chi connectivity index (χ3n) is 2.13. The first-order valence-electron chi connectivity index (χ1n) is 5.28. The largest absolute Gasteiger partial charge is 0.380 e. The summed E-state index contributed by atoms with van der Waals surface area (Å²) < 4.78 is 0. The minimum absolute atomic E-state index is 0.483. The van der Waals surface area contributed by atoms with Gasteiger partial charge in [-0.05, 0) is 24.6 Å². The van der Waals surface area contributed by atoms with Crippen molar-refractivity contribution in [2.45, 2.75) is 32.3 Å². The molecule has 1 rings (SSSR count). The maximum absolute atomic E-state index is 9.53. The van der Waals surface area contributed by atoms with Gasteiger partial charge in [-0.2, -0.15) is 0 Å². The van der Waals surface area contributed by atoms with E-state index in [4.69, 9.17) is 23.2 Å². The highest BCUT2D eigenvalue weighted by Gasteiger charge is 1.99. The van der Waals surface area contributed by atoms with Gasteiger partial charge < -0.3 is 5.11 Å². The average molecular weight is 257 g/mol. The van der Waals surface area contributed by atoms with Gasteiger partial charge >= 0.3 is 0 Å². The van der Waals surface area contributed by atoms with Crippen molar-refractivity contribution in [2.75, 3.05) is 0 Å². The Morgan fingerprint density at radius 3 is 2.69 bits per heavy atom. The van der Waals surface area contributed by atoms with E-state index in [1.165, 1.54) is 0 Å². The second-order valence-electron chi connectivity index (χ2n) is 3.56. The van der Waals surface area contributed by atoms with Crippen LogP contribution < -0.4 is 0 Å². The van der Waals surface area contributed by atoms with Crippen LogP contribution in [0.2, 0.25) is 10.0 Å². The predicted molar refractivity (Wildman–Crippen MR) is 68.9 cm³/mol. The standard InChI is InChI=1S/C13H14Cl2O/c1-2-3-4-11(16)7-5-10-6-8-12(14)13(15)9-10/h6,8-9,11,16H,2-4H2,1H3. The Labute approximate surface area is 106 Å². The normalized spacial score (nSPS) is 11.8. The highest BCUT2D eigenvalue weighted by molar-refractivity contribution is 6.42. The lowest BCUT2D eigenvalue weighted by molar-refractivity contribution is 0.218. The predicted octanol–water partition coefficient (Wildman–Crippen LogP) is 3.90. The van der Waals surface area contributed by atoms with Crippen molar-refractivity contribution in [3.8, 4) is 11.8 Å². The summed E-state index contributed by atoms with van der Waals surface area (Å²) in [7, 11) is 0. The van der Waals surface area contributed by atoms with E-state index in [0.29, 0.717) is 16.5 Å². The third-order valence-corrected chi connectivity index (χ3v) is 2.87. The summed E-state index contributed by atoms with van der Waals surface area (Å²) in [6.45, 7) is 2.08. The molecule has 86 valence electrons. The van der Waals surface area contributed by atoms with Crippen molar-refractivity contribution in [2.24, 2.45) is 0 Å². The van der Waals surface area contributed by atoms with Crippen LogP contribution in [0.5, 0.6) is 0 Å². The molecule has 1 unspecified atom stereocenters. The van der Waals surface area contributed by atoms with Gasteiger partial charge in [0.1, 0.15) is 6.10 Å². The van der Waals surface area contributed by atoms with Crippen LogP contribution in [-0.4, -0.2) is 11.2 Å².